The molecule has 1 amide bonds. The zero-order valence-corrected chi connectivity index (χ0v) is 8.64. The number of benzene rings is 1. The Morgan fingerprint density at radius 2 is 2.07 bits per heavy atom. The van der Waals surface area contributed by atoms with Gasteiger partial charge >= 0.3 is 0 Å². The monoisotopic (exact) mass is 203 g/mol. The molecule has 15 heavy (non-hydrogen) atoms. The van der Waals surface area contributed by atoms with Gasteiger partial charge in [-0.2, -0.15) is 0 Å². The predicted molar refractivity (Wildman–Crippen MR) is 56.5 cm³/mol. The lowest BCUT2D eigenvalue weighted by molar-refractivity contribution is -0.144. The number of ketones is 1. The Labute approximate surface area is 88.7 Å². The summed E-state index contributed by atoms with van der Waals surface area (Å²) in [5.74, 6) is -0.524. The number of Topliss-reactive ketones (excluding diaryl/α,β-unsaturated/α-hetero) is 1. The lowest BCUT2D eigenvalue weighted by atomic mass is 9.90. The lowest BCUT2D eigenvalue weighted by Crippen LogP contribution is -2.55. The molecule has 0 N–H and O–H groups in total. The number of amides is 1. The van der Waals surface area contributed by atoms with Crippen LogP contribution in [0, 0.1) is 5.92 Å². The van der Waals surface area contributed by atoms with Crippen LogP contribution in [0.15, 0.2) is 30.3 Å². The average Bonchev–Trinajstić information content (AvgIpc) is 2.28. The van der Waals surface area contributed by atoms with Crippen molar-refractivity contribution in [1.82, 2.24) is 4.90 Å². The second-order valence-electron chi connectivity index (χ2n) is 3.66. The van der Waals surface area contributed by atoms with Gasteiger partial charge < -0.3 is 4.90 Å². The highest BCUT2D eigenvalue weighted by atomic mass is 16.2. The molecule has 0 aromatic heterocycles. The summed E-state index contributed by atoms with van der Waals surface area (Å²) in [7, 11) is 0. The number of β-lactam (4-membered cyclic amide) rings is 1. The Morgan fingerprint density at radius 1 is 1.40 bits per heavy atom. The predicted octanol–water partition coefficient (Wildman–Crippen LogP) is 1.35. The van der Waals surface area contributed by atoms with Crippen LogP contribution >= 0.6 is 0 Å². The van der Waals surface area contributed by atoms with Crippen molar-refractivity contribution < 1.29 is 9.59 Å². The fourth-order valence-corrected chi connectivity index (χ4v) is 1.78. The van der Waals surface area contributed by atoms with E-state index in [2.05, 4.69) is 0 Å². The highest BCUT2D eigenvalue weighted by Gasteiger charge is 2.40. The molecular formula is C12H13NO2. The molecule has 1 saturated heterocycles. The van der Waals surface area contributed by atoms with Crippen molar-refractivity contribution >= 4 is 11.7 Å². The van der Waals surface area contributed by atoms with Gasteiger partial charge in [0.1, 0.15) is 5.92 Å². The molecule has 78 valence electrons. The molecular weight excluding hydrogens is 190 g/mol. The van der Waals surface area contributed by atoms with E-state index >= 15 is 0 Å². The quantitative estimate of drug-likeness (QED) is 0.422. The van der Waals surface area contributed by atoms with Crippen LogP contribution in [0.5, 0.6) is 0 Å². The molecule has 1 aromatic rings. The number of rotatable bonds is 3. The van der Waals surface area contributed by atoms with E-state index in [1.165, 1.54) is 0 Å². The van der Waals surface area contributed by atoms with Crippen LogP contribution in [0.2, 0.25) is 0 Å². The van der Waals surface area contributed by atoms with Gasteiger partial charge in [0.05, 0.1) is 0 Å². The van der Waals surface area contributed by atoms with Crippen molar-refractivity contribution in [3.05, 3.63) is 35.9 Å². The van der Waals surface area contributed by atoms with Crippen molar-refractivity contribution in [3.63, 3.8) is 0 Å². The minimum atomic E-state index is -0.438. The third kappa shape index (κ3) is 1.65. The van der Waals surface area contributed by atoms with Crippen LogP contribution < -0.4 is 0 Å². The molecule has 3 heteroatoms. The zero-order chi connectivity index (χ0) is 10.8. The molecule has 0 bridgehead atoms. The second-order valence-corrected chi connectivity index (χ2v) is 3.66. The minimum absolute atomic E-state index is 0.0358. The molecule has 0 saturated carbocycles. The average molecular weight is 203 g/mol. The van der Waals surface area contributed by atoms with E-state index < -0.39 is 5.92 Å². The first-order valence-corrected chi connectivity index (χ1v) is 5.12. The Bertz CT molecular complexity index is 386. The number of hydrogen-bond donors (Lipinski definition) is 0. The van der Waals surface area contributed by atoms with E-state index in [1.54, 1.807) is 17.0 Å². The maximum atomic E-state index is 11.9. The maximum absolute atomic E-state index is 11.9. The summed E-state index contributed by atoms with van der Waals surface area (Å²) in [4.78, 5) is 25.1. The molecule has 1 heterocycles. The zero-order valence-electron chi connectivity index (χ0n) is 8.64. The molecule has 1 atom stereocenters. The van der Waals surface area contributed by atoms with Gasteiger partial charge in [0.2, 0.25) is 5.91 Å². The highest BCUT2D eigenvalue weighted by Crippen LogP contribution is 2.21. The van der Waals surface area contributed by atoms with Gasteiger partial charge in [-0.15, -0.1) is 0 Å². The molecule has 2 rings (SSSR count). The second kappa shape index (κ2) is 3.85. The van der Waals surface area contributed by atoms with Crippen LogP contribution in [-0.4, -0.2) is 29.7 Å². The van der Waals surface area contributed by atoms with Gasteiger partial charge in [-0.1, -0.05) is 30.3 Å². The van der Waals surface area contributed by atoms with Crippen LogP contribution in [0.25, 0.3) is 0 Å². The molecule has 0 spiro atoms. The van der Waals surface area contributed by atoms with E-state index in [0.29, 0.717) is 18.7 Å². The Kier molecular flexibility index (Phi) is 2.54. The van der Waals surface area contributed by atoms with Gasteiger partial charge in [-0.25, -0.2) is 0 Å². The van der Waals surface area contributed by atoms with Crippen molar-refractivity contribution in [3.8, 4) is 0 Å². The molecule has 1 aliphatic heterocycles. The SMILES string of the molecule is CCN1CC(C(=O)c2ccccc2)C1=O. The first-order valence-electron chi connectivity index (χ1n) is 5.12. The van der Waals surface area contributed by atoms with Gasteiger partial charge in [-0.3, -0.25) is 9.59 Å². The number of nitrogens with zero attached hydrogens (tertiary/aromatic N) is 1. The van der Waals surface area contributed by atoms with Crippen molar-refractivity contribution in [1.29, 1.82) is 0 Å². The van der Waals surface area contributed by atoms with Crippen molar-refractivity contribution in [2.75, 3.05) is 13.1 Å². The Hall–Kier alpha value is -1.64. The largest absolute Gasteiger partial charge is 0.341 e. The summed E-state index contributed by atoms with van der Waals surface area (Å²) in [5.41, 5.74) is 0.631. The fourth-order valence-electron chi connectivity index (χ4n) is 1.78. The fraction of sp³-hybridized carbons (Fsp3) is 0.333. The lowest BCUT2D eigenvalue weighted by Gasteiger charge is -2.36. The highest BCUT2D eigenvalue weighted by molar-refractivity contribution is 6.13. The summed E-state index contributed by atoms with van der Waals surface area (Å²) in [6, 6.07) is 8.99. The summed E-state index contributed by atoms with van der Waals surface area (Å²) < 4.78 is 0. The van der Waals surface area contributed by atoms with E-state index in [-0.39, 0.29) is 11.7 Å². The molecule has 1 aliphatic rings. The topological polar surface area (TPSA) is 37.4 Å². The molecule has 1 fully saturated rings. The van der Waals surface area contributed by atoms with E-state index in [1.807, 2.05) is 25.1 Å². The van der Waals surface area contributed by atoms with E-state index in [4.69, 9.17) is 0 Å². The van der Waals surface area contributed by atoms with Crippen LogP contribution in [-0.2, 0) is 4.79 Å². The molecule has 1 aromatic carbocycles. The van der Waals surface area contributed by atoms with Gasteiger partial charge in [-0.05, 0) is 6.92 Å². The van der Waals surface area contributed by atoms with Gasteiger partial charge in [0, 0.05) is 18.7 Å². The van der Waals surface area contributed by atoms with Crippen LogP contribution in [0.3, 0.4) is 0 Å². The van der Waals surface area contributed by atoms with E-state index in [9.17, 15) is 9.59 Å². The Morgan fingerprint density at radius 3 is 2.60 bits per heavy atom. The van der Waals surface area contributed by atoms with Crippen molar-refractivity contribution in [2.45, 2.75) is 6.92 Å². The third-order valence-electron chi connectivity index (χ3n) is 2.77. The first kappa shape index (κ1) is 9.90. The summed E-state index contributed by atoms with van der Waals surface area (Å²) in [6.45, 7) is 3.18. The summed E-state index contributed by atoms with van der Waals surface area (Å²) >= 11 is 0. The smallest absolute Gasteiger partial charge is 0.235 e. The molecule has 0 radical (unpaired) electrons. The standard InChI is InChI=1S/C12H13NO2/c1-2-13-8-10(12(13)15)11(14)9-6-4-3-5-7-9/h3-7,10H,2,8H2,1H3. The van der Waals surface area contributed by atoms with Crippen molar-refractivity contribution in [2.24, 2.45) is 5.92 Å². The maximum Gasteiger partial charge on any atom is 0.235 e. The van der Waals surface area contributed by atoms with Gasteiger partial charge in [0.25, 0.3) is 0 Å². The molecule has 3 nitrogen and oxygen atoms in total. The first-order chi connectivity index (χ1) is 7.24. The van der Waals surface area contributed by atoms with E-state index in [0.717, 1.165) is 0 Å². The number of carbonyl (C=O) groups is 2. The Balaban J connectivity index is 2.09. The number of carbonyl (C=O) groups excluding carboxylic acids is 2. The normalized spacial score (nSPS) is 19.9. The van der Waals surface area contributed by atoms with Crippen LogP contribution in [0.4, 0.5) is 0 Å². The number of likely N-dealkylation sites (tertiary alicyclic amines) is 1. The van der Waals surface area contributed by atoms with Gasteiger partial charge in [0.15, 0.2) is 5.78 Å². The molecule has 0 aliphatic carbocycles. The molecule has 1 unspecified atom stereocenters. The summed E-state index contributed by atoms with van der Waals surface area (Å²) in [6.07, 6.45) is 0. The van der Waals surface area contributed by atoms with Crippen LogP contribution in [0.1, 0.15) is 17.3 Å². The third-order valence-corrected chi connectivity index (χ3v) is 2.77. The summed E-state index contributed by atoms with van der Waals surface area (Å²) in [5, 5.41) is 0. The number of hydrogen-bond acceptors (Lipinski definition) is 2. The minimum Gasteiger partial charge on any atom is -0.341 e.